The van der Waals surface area contributed by atoms with Gasteiger partial charge in [0, 0.05) is 19.6 Å². The molecule has 0 N–H and O–H groups in total. The van der Waals surface area contributed by atoms with Crippen molar-refractivity contribution in [2.75, 3.05) is 32.5 Å². The molecule has 126 valence electrons. The number of alkyl halides is 1. The van der Waals surface area contributed by atoms with Gasteiger partial charge in [-0.1, -0.05) is 0 Å². The average molecular weight is 334 g/mol. The monoisotopic (exact) mass is 334 g/mol. The minimum absolute atomic E-state index is 0.210. The summed E-state index contributed by atoms with van der Waals surface area (Å²) in [6.45, 7) is 1.54. The van der Waals surface area contributed by atoms with Crippen molar-refractivity contribution in [3.8, 4) is 0 Å². The van der Waals surface area contributed by atoms with Gasteiger partial charge in [0.2, 0.25) is 10.0 Å². The molecule has 1 saturated carbocycles. The van der Waals surface area contributed by atoms with Crippen molar-refractivity contribution >= 4 is 15.9 Å². The quantitative estimate of drug-likeness (QED) is 0.739. The van der Waals surface area contributed by atoms with Gasteiger partial charge >= 0.3 is 0 Å². The van der Waals surface area contributed by atoms with Crippen molar-refractivity contribution in [2.24, 2.45) is 0 Å². The summed E-state index contributed by atoms with van der Waals surface area (Å²) in [5.41, 5.74) is -1.69. The zero-order valence-electron chi connectivity index (χ0n) is 12.8. The second-order valence-electron chi connectivity index (χ2n) is 6.54. The molecule has 0 aromatic rings. The van der Waals surface area contributed by atoms with E-state index in [0.717, 1.165) is 6.42 Å². The number of ether oxygens (including phenoxy) is 1. The van der Waals surface area contributed by atoms with Crippen LogP contribution in [0.25, 0.3) is 0 Å². The van der Waals surface area contributed by atoms with Crippen LogP contribution in [0, 0.1) is 0 Å². The Morgan fingerprint density at radius 2 is 1.91 bits per heavy atom. The molecule has 2 aliphatic heterocycles. The molecule has 0 aromatic carbocycles. The highest BCUT2D eigenvalue weighted by molar-refractivity contribution is 7.88. The first-order valence-electron chi connectivity index (χ1n) is 7.88. The summed E-state index contributed by atoms with van der Waals surface area (Å²) >= 11 is 0. The number of rotatable bonds is 2. The number of amides is 1. The first kappa shape index (κ1) is 16.1. The predicted molar refractivity (Wildman–Crippen MR) is 78.6 cm³/mol. The topological polar surface area (TPSA) is 66.9 Å². The normalized spacial score (nSPS) is 32.7. The van der Waals surface area contributed by atoms with Crippen molar-refractivity contribution < 1.29 is 22.3 Å². The number of hydrogen-bond acceptors (Lipinski definition) is 4. The number of halogens is 1. The van der Waals surface area contributed by atoms with Crippen LogP contribution in [0.4, 0.5) is 4.39 Å². The molecule has 3 aliphatic rings. The Labute approximate surface area is 130 Å². The molecule has 0 spiro atoms. The number of sulfonamides is 1. The van der Waals surface area contributed by atoms with E-state index in [9.17, 15) is 17.6 Å². The molecule has 8 heteroatoms. The minimum Gasteiger partial charge on any atom is -0.375 e. The van der Waals surface area contributed by atoms with Gasteiger partial charge in [0.25, 0.3) is 5.91 Å². The summed E-state index contributed by atoms with van der Waals surface area (Å²) in [5, 5.41) is 0. The maximum Gasteiger partial charge on any atom is 0.260 e. The molecular weight excluding hydrogens is 311 g/mol. The highest BCUT2D eigenvalue weighted by atomic mass is 32.2. The van der Waals surface area contributed by atoms with Gasteiger partial charge in [-0.15, -0.1) is 0 Å². The highest BCUT2D eigenvalue weighted by Crippen LogP contribution is 2.38. The van der Waals surface area contributed by atoms with Gasteiger partial charge in [-0.05, 0) is 32.1 Å². The number of morpholine rings is 1. The van der Waals surface area contributed by atoms with E-state index >= 15 is 0 Å². The summed E-state index contributed by atoms with van der Waals surface area (Å²) in [4.78, 5) is 13.9. The second-order valence-corrected chi connectivity index (χ2v) is 8.47. The van der Waals surface area contributed by atoms with Crippen molar-refractivity contribution in [2.45, 2.75) is 49.9 Å². The maximum atomic E-state index is 14.3. The van der Waals surface area contributed by atoms with E-state index in [1.54, 1.807) is 4.90 Å². The molecular formula is C14H23FN2O4S. The van der Waals surface area contributed by atoms with Gasteiger partial charge in [-0.3, -0.25) is 4.79 Å². The third-order valence-electron chi connectivity index (χ3n) is 5.06. The van der Waals surface area contributed by atoms with Crippen LogP contribution in [-0.2, 0) is 19.6 Å². The number of fused-ring (bicyclic) bond motifs is 1. The van der Waals surface area contributed by atoms with Crippen LogP contribution in [-0.4, -0.2) is 73.8 Å². The molecule has 2 heterocycles. The lowest BCUT2D eigenvalue weighted by Crippen LogP contribution is -2.53. The Balaban J connectivity index is 1.72. The lowest BCUT2D eigenvalue weighted by molar-refractivity contribution is -0.149. The van der Waals surface area contributed by atoms with Crippen LogP contribution in [0.1, 0.15) is 32.1 Å². The van der Waals surface area contributed by atoms with E-state index in [1.807, 2.05) is 0 Å². The van der Waals surface area contributed by atoms with Gasteiger partial charge < -0.3 is 9.64 Å². The number of likely N-dealkylation sites (tertiary alicyclic amines) is 1. The SMILES string of the molecule is CS(=O)(=O)N1CCOC2CCN(C(=O)C3(F)CCC3)CCC21. The van der Waals surface area contributed by atoms with E-state index in [4.69, 9.17) is 4.74 Å². The van der Waals surface area contributed by atoms with Crippen molar-refractivity contribution in [1.82, 2.24) is 9.21 Å². The molecule has 2 saturated heterocycles. The summed E-state index contributed by atoms with van der Waals surface area (Å²) < 4.78 is 45.3. The summed E-state index contributed by atoms with van der Waals surface area (Å²) in [7, 11) is -3.30. The third-order valence-corrected chi connectivity index (χ3v) is 6.37. The van der Waals surface area contributed by atoms with Crippen LogP contribution >= 0.6 is 0 Å². The van der Waals surface area contributed by atoms with Crippen LogP contribution in [0.15, 0.2) is 0 Å². The smallest absolute Gasteiger partial charge is 0.260 e. The second kappa shape index (κ2) is 5.72. The van der Waals surface area contributed by atoms with E-state index in [1.165, 1.54) is 10.6 Å². The van der Waals surface area contributed by atoms with E-state index in [0.29, 0.717) is 51.9 Å². The summed E-state index contributed by atoms with van der Waals surface area (Å²) in [5.74, 6) is -0.427. The highest BCUT2D eigenvalue weighted by Gasteiger charge is 2.48. The standard InChI is InChI=1S/C14H23FN2O4S/c1-22(19,20)17-9-10-21-12-4-8-16(7-3-11(12)17)13(18)14(15)5-2-6-14/h11-12H,2-10H2,1H3. The maximum absolute atomic E-state index is 14.3. The molecule has 3 fully saturated rings. The van der Waals surface area contributed by atoms with Gasteiger partial charge in [-0.25, -0.2) is 12.8 Å². The molecule has 22 heavy (non-hydrogen) atoms. The molecule has 3 rings (SSSR count). The Morgan fingerprint density at radius 1 is 1.23 bits per heavy atom. The Bertz CT molecular complexity index is 549. The fraction of sp³-hybridized carbons (Fsp3) is 0.929. The molecule has 0 aromatic heterocycles. The number of carbonyl (C=O) groups excluding carboxylic acids is 1. The Kier molecular flexibility index (Phi) is 4.20. The first-order valence-corrected chi connectivity index (χ1v) is 9.73. The third kappa shape index (κ3) is 2.88. The summed E-state index contributed by atoms with van der Waals surface area (Å²) in [6.07, 6.45) is 3.42. The molecule has 2 unspecified atom stereocenters. The van der Waals surface area contributed by atoms with Gasteiger partial charge in [0.1, 0.15) is 0 Å². The Morgan fingerprint density at radius 3 is 2.50 bits per heavy atom. The fourth-order valence-electron chi connectivity index (χ4n) is 3.64. The van der Waals surface area contributed by atoms with Crippen molar-refractivity contribution in [3.05, 3.63) is 0 Å². The van der Waals surface area contributed by atoms with E-state index in [-0.39, 0.29) is 12.1 Å². The largest absolute Gasteiger partial charge is 0.375 e. The number of nitrogens with zero attached hydrogens (tertiary/aromatic N) is 2. The van der Waals surface area contributed by atoms with Crippen LogP contribution in [0.5, 0.6) is 0 Å². The fourth-order valence-corrected chi connectivity index (χ4v) is 4.78. The van der Waals surface area contributed by atoms with E-state index < -0.39 is 21.6 Å². The van der Waals surface area contributed by atoms with Gasteiger partial charge in [0.15, 0.2) is 5.67 Å². The van der Waals surface area contributed by atoms with Crippen LogP contribution in [0.2, 0.25) is 0 Å². The molecule has 0 radical (unpaired) electrons. The van der Waals surface area contributed by atoms with Gasteiger partial charge in [0.05, 0.1) is 25.0 Å². The van der Waals surface area contributed by atoms with E-state index in [2.05, 4.69) is 0 Å². The minimum atomic E-state index is -3.30. The molecule has 1 aliphatic carbocycles. The molecule has 0 bridgehead atoms. The lowest BCUT2D eigenvalue weighted by Gasteiger charge is -2.38. The molecule has 2 atom stereocenters. The first-order chi connectivity index (χ1) is 10.3. The van der Waals surface area contributed by atoms with Crippen LogP contribution < -0.4 is 0 Å². The van der Waals surface area contributed by atoms with Crippen molar-refractivity contribution in [3.63, 3.8) is 0 Å². The van der Waals surface area contributed by atoms with Gasteiger partial charge in [-0.2, -0.15) is 4.31 Å². The molecule has 1 amide bonds. The average Bonchev–Trinajstić information content (AvgIpc) is 2.65. The zero-order valence-corrected chi connectivity index (χ0v) is 13.6. The predicted octanol–water partition coefficient (Wildman–Crippen LogP) is 0.530. The molecule has 6 nitrogen and oxygen atoms in total. The van der Waals surface area contributed by atoms with Crippen LogP contribution in [0.3, 0.4) is 0 Å². The number of hydrogen-bond donors (Lipinski definition) is 0. The van der Waals surface area contributed by atoms with Crippen molar-refractivity contribution in [1.29, 1.82) is 0 Å². The number of carbonyl (C=O) groups is 1. The zero-order chi connectivity index (χ0) is 16.0. The lowest BCUT2D eigenvalue weighted by atomic mass is 9.81. The summed E-state index contributed by atoms with van der Waals surface area (Å²) in [6, 6.07) is -0.251. The Hall–Kier alpha value is -0.730.